The molecule has 0 radical (unpaired) electrons. The summed E-state index contributed by atoms with van der Waals surface area (Å²) in [6, 6.07) is -0.824. The lowest BCUT2D eigenvalue weighted by molar-refractivity contribution is -0.142. The highest BCUT2D eigenvalue weighted by Crippen LogP contribution is 2.20. The Kier molecular flexibility index (Phi) is 4.43. The lowest BCUT2D eigenvalue weighted by Crippen LogP contribution is -2.51. The van der Waals surface area contributed by atoms with E-state index in [0.29, 0.717) is 19.5 Å². The second-order valence-corrected chi connectivity index (χ2v) is 5.07. The summed E-state index contributed by atoms with van der Waals surface area (Å²) in [5, 5.41) is 11.8. The number of carbonyl (C=O) groups excluding carboxylic acids is 2. The maximum Gasteiger partial charge on any atom is 0.320 e. The van der Waals surface area contributed by atoms with Crippen molar-refractivity contribution >= 4 is 17.9 Å². The third kappa shape index (κ3) is 3.01. The molecule has 2 saturated heterocycles. The summed E-state index contributed by atoms with van der Waals surface area (Å²) in [5.74, 6) is -1.88. The van der Waals surface area contributed by atoms with Crippen molar-refractivity contribution < 1.29 is 24.2 Å². The number of carboxylic acid groups (broad SMARTS) is 1. The third-order valence-electron chi connectivity index (χ3n) is 3.70. The largest absolute Gasteiger partial charge is 0.481 e. The van der Waals surface area contributed by atoms with Crippen LogP contribution in [0.15, 0.2) is 0 Å². The highest BCUT2D eigenvalue weighted by atomic mass is 16.5. The van der Waals surface area contributed by atoms with E-state index in [9.17, 15) is 14.4 Å². The Hall–Kier alpha value is -1.83. The lowest BCUT2D eigenvalue weighted by Gasteiger charge is -2.31. The van der Waals surface area contributed by atoms with Gasteiger partial charge in [-0.3, -0.25) is 9.59 Å². The molecule has 8 nitrogen and oxygen atoms in total. The van der Waals surface area contributed by atoms with E-state index < -0.39 is 17.9 Å². The second kappa shape index (κ2) is 6.08. The van der Waals surface area contributed by atoms with Crippen LogP contribution >= 0.6 is 0 Å². The highest BCUT2D eigenvalue weighted by molar-refractivity contribution is 5.85. The van der Waals surface area contributed by atoms with Crippen LogP contribution in [-0.4, -0.2) is 78.8 Å². The Bertz CT molecular complexity index is 414. The number of nitrogens with one attached hydrogen (secondary N) is 1. The quantitative estimate of drug-likeness (QED) is 0.675. The number of ether oxygens (including phenoxy) is 1. The standard InChI is InChI=1S/C12H19N3O5/c1-14(9-7-20-6-8(9)11(17)18)12(19)15-4-2-3-13-10(16)5-15/h8-9H,2-7H2,1H3,(H,13,16)(H,17,18). The van der Waals surface area contributed by atoms with Gasteiger partial charge in [0, 0.05) is 20.1 Å². The van der Waals surface area contributed by atoms with E-state index in [-0.39, 0.29) is 31.7 Å². The maximum atomic E-state index is 12.4. The zero-order valence-corrected chi connectivity index (χ0v) is 11.4. The first-order valence-corrected chi connectivity index (χ1v) is 6.59. The molecule has 0 bridgehead atoms. The number of hydrogen-bond donors (Lipinski definition) is 2. The van der Waals surface area contributed by atoms with Gasteiger partial charge in [0.05, 0.1) is 19.3 Å². The van der Waals surface area contributed by atoms with Crippen molar-refractivity contribution in [3.63, 3.8) is 0 Å². The normalized spacial score (nSPS) is 26.9. The highest BCUT2D eigenvalue weighted by Gasteiger charge is 2.39. The summed E-state index contributed by atoms with van der Waals surface area (Å²) < 4.78 is 5.16. The van der Waals surface area contributed by atoms with Gasteiger partial charge in [0.2, 0.25) is 5.91 Å². The van der Waals surface area contributed by atoms with Crippen molar-refractivity contribution in [2.24, 2.45) is 5.92 Å². The topological polar surface area (TPSA) is 99.2 Å². The number of nitrogens with zero attached hydrogens (tertiary/aromatic N) is 2. The molecule has 0 aliphatic carbocycles. The monoisotopic (exact) mass is 285 g/mol. The smallest absolute Gasteiger partial charge is 0.320 e. The Morgan fingerprint density at radius 3 is 2.90 bits per heavy atom. The first kappa shape index (κ1) is 14.6. The molecule has 0 spiro atoms. The van der Waals surface area contributed by atoms with Gasteiger partial charge in [-0.1, -0.05) is 0 Å². The first-order valence-electron chi connectivity index (χ1n) is 6.59. The second-order valence-electron chi connectivity index (χ2n) is 5.07. The molecular weight excluding hydrogens is 266 g/mol. The predicted octanol–water partition coefficient (Wildman–Crippen LogP) is -1.04. The molecule has 8 heteroatoms. The van der Waals surface area contributed by atoms with Gasteiger partial charge in [0.15, 0.2) is 0 Å². The van der Waals surface area contributed by atoms with Gasteiger partial charge in [-0.25, -0.2) is 4.79 Å². The minimum Gasteiger partial charge on any atom is -0.481 e. The number of urea groups is 1. The van der Waals surface area contributed by atoms with Crippen molar-refractivity contribution in [3.8, 4) is 0 Å². The molecule has 0 aromatic heterocycles. The molecule has 0 saturated carbocycles. The summed E-state index contributed by atoms with van der Waals surface area (Å²) in [6.07, 6.45) is 0.689. The van der Waals surface area contributed by atoms with Crippen LogP contribution in [0.1, 0.15) is 6.42 Å². The van der Waals surface area contributed by atoms with Crippen LogP contribution in [0.25, 0.3) is 0 Å². The predicted molar refractivity (Wildman–Crippen MR) is 68.1 cm³/mol. The average Bonchev–Trinajstić information content (AvgIpc) is 2.80. The molecule has 0 aromatic rings. The molecule has 2 aliphatic rings. The molecule has 0 aromatic carbocycles. The van der Waals surface area contributed by atoms with Crippen molar-refractivity contribution in [1.29, 1.82) is 0 Å². The van der Waals surface area contributed by atoms with Gasteiger partial charge < -0.3 is 25.0 Å². The molecular formula is C12H19N3O5. The van der Waals surface area contributed by atoms with E-state index in [4.69, 9.17) is 9.84 Å². The fourth-order valence-corrected chi connectivity index (χ4v) is 2.49. The molecule has 2 unspecified atom stereocenters. The molecule has 2 aliphatic heterocycles. The Labute approximate surface area is 116 Å². The van der Waals surface area contributed by atoms with Crippen molar-refractivity contribution in [3.05, 3.63) is 0 Å². The maximum absolute atomic E-state index is 12.4. The van der Waals surface area contributed by atoms with Crippen LogP contribution in [0.2, 0.25) is 0 Å². The number of hydrogen-bond acceptors (Lipinski definition) is 4. The molecule has 2 atom stereocenters. The third-order valence-corrected chi connectivity index (χ3v) is 3.70. The molecule has 2 heterocycles. The summed E-state index contributed by atoms with van der Waals surface area (Å²) >= 11 is 0. The number of aliphatic carboxylic acids is 1. The Morgan fingerprint density at radius 1 is 1.45 bits per heavy atom. The number of carbonyl (C=O) groups is 3. The van der Waals surface area contributed by atoms with Crippen LogP contribution in [0.5, 0.6) is 0 Å². The van der Waals surface area contributed by atoms with Crippen LogP contribution in [0.4, 0.5) is 4.79 Å². The van der Waals surface area contributed by atoms with Gasteiger partial charge in [-0.15, -0.1) is 0 Å². The average molecular weight is 285 g/mol. The van der Waals surface area contributed by atoms with E-state index >= 15 is 0 Å². The van der Waals surface area contributed by atoms with Gasteiger partial charge >= 0.3 is 12.0 Å². The van der Waals surface area contributed by atoms with Crippen LogP contribution in [0.3, 0.4) is 0 Å². The van der Waals surface area contributed by atoms with Gasteiger partial charge in [0.1, 0.15) is 12.5 Å². The number of carboxylic acids is 1. The first-order chi connectivity index (χ1) is 9.50. The molecule has 2 rings (SSSR count). The van der Waals surface area contributed by atoms with Crippen molar-refractivity contribution in [2.45, 2.75) is 12.5 Å². The molecule has 3 amide bonds. The van der Waals surface area contributed by atoms with Crippen LogP contribution in [-0.2, 0) is 14.3 Å². The van der Waals surface area contributed by atoms with E-state index in [1.54, 1.807) is 7.05 Å². The van der Waals surface area contributed by atoms with E-state index in [1.807, 2.05) is 0 Å². The van der Waals surface area contributed by atoms with Gasteiger partial charge in [-0.05, 0) is 6.42 Å². The van der Waals surface area contributed by atoms with Crippen molar-refractivity contribution in [2.75, 3.05) is 39.9 Å². The van der Waals surface area contributed by atoms with Crippen molar-refractivity contribution in [1.82, 2.24) is 15.1 Å². The number of likely N-dealkylation sites (N-methyl/N-ethyl adjacent to an activating group) is 1. The fourth-order valence-electron chi connectivity index (χ4n) is 2.49. The zero-order chi connectivity index (χ0) is 14.7. The number of rotatable bonds is 2. The van der Waals surface area contributed by atoms with Crippen LogP contribution in [0, 0.1) is 5.92 Å². The minimum atomic E-state index is -0.972. The fraction of sp³-hybridized carbons (Fsp3) is 0.750. The molecule has 2 N–H and O–H groups in total. The van der Waals surface area contributed by atoms with Gasteiger partial charge in [-0.2, -0.15) is 0 Å². The van der Waals surface area contributed by atoms with E-state index in [0.717, 1.165) is 0 Å². The SMILES string of the molecule is CN(C(=O)N1CCCNC(=O)C1)C1COCC1C(=O)O. The zero-order valence-electron chi connectivity index (χ0n) is 11.4. The minimum absolute atomic E-state index is 0.00842. The molecule has 2 fully saturated rings. The Balaban J connectivity index is 2.03. The summed E-state index contributed by atoms with van der Waals surface area (Å²) in [4.78, 5) is 37.8. The lowest BCUT2D eigenvalue weighted by atomic mass is 10.0. The molecule has 112 valence electrons. The van der Waals surface area contributed by atoms with Crippen LogP contribution < -0.4 is 5.32 Å². The van der Waals surface area contributed by atoms with E-state index in [2.05, 4.69) is 5.32 Å². The summed E-state index contributed by atoms with van der Waals surface area (Å²) in [7, 11) is 1.56. The number of amides is 3. The summed E-state index contributed by atoms with van der Waals surface area (Å²) in [5.41, 5.74) is 0. The van der Waals surface area contributed by atoms with Gasteiger partial charge in [0.25, 0.3) is 0 Å². The molecule has 20 heavy (non-hydrogen) atoms. The summed E-state index contributed by atoms with van der Waals surface area (Å²) in [6.45, 7) is 1.36. The Morgan fingerprint density at radius 2 is 2.20 bits per heavy atom. The van der Waals surface area contributed by atoms with E-state index in [1.165, 1.54) is 9.80 Å².